The lowest BCUT2D eigenvalue weighted by molar-refractivity contribution is -0.140. The molecule has 0 fully saturated rings. The van der Waals surface area contributed by atoms with Crippen LogP contribution in [0.2, 0.25) is 0 Å². The molecule has 0 bridgehead atoms. The fourth-order valence-corrected chi connectivity index (χ4v) is 2.03. The zero-order valence-electron chi connectivity index (χ0n) is 10.1. The highest BCUT2D eigenvalue weighted by molar-refractivity contribution is 9.10. The highest BCUT2D eigenvalue weighted by atomic mass is 79.9. The van der Waals surface area contributed by atoms with E-state index in [1.54, 1.807) is 7.05 Å². The summed E-state index contributed by atoms with van der Waals surface area (Å²) in [5.74, 6) is -0.414. The molecule has 0 aliphatic rings. The lowest BCUT2D eigenvalue weighted by atomic mass is 10.1. The number of ether oxygens (including phenoxy) is 1. The number of methoxy groups -OCH3 is 1. The predicted octanol–water partition coefficient (Wildman–Crippen LogP) is 0.237. The van der Waals surface area contributed by atoms with Gasteiger partial charge in [-0.15, -0.1) is 0 Å². The smallest absolute Gasteiger partial charge is 0.320 e. The molecule has 0 aromatic carbocycles. The molecule has 6 heteroatoms. The van der Waals surface area contributed by atoms with Crippen LogP contribution < -0.4 is 5.32 Å². The van der Waals surface area contributed by atoms with E-state index in [-0.39, 0.29) is 22.6 Å². The van der Waals surface area contributed by atoms with Gasteiger partial charge in [-0.05, 0) is 7.05 Å². The molecule has 1 N–H and O–H groups in total. The number of rotatable bonds is 6. The number of esters is 1. The average molecular weight is 295 g/mol. The summed E-state index contributed by atoms with van der Waals surface area (Å²) in [4.78, 5) is 24.0. The summed E-state index contributed by atoms with van der Waals surface area (Å²) in [6.45, 7) is 2.95. The van der Waals surface area contributed by atoms with Crippen LogP contribution in [0.5, 0.6) is 0 Å². The fourth-order valence-electron chi connectivity index (χ4n) is 1.35. The van der Waals surface area contributed by atoms with Gasteiger partial charge in [-0.1, -0.05) is 22.9 Å². The Morgan fingerprint density at radius 3 is 2.44 bits per heavy atom. The molecule has 16 heavy (non-hydrogen) atoms. The van der Waals surface area contributed by atoms with Crippen LogP contribution in [-0.4, -0.2) is 55.9 Å². The van der Waals surface area contributed by atoms with Crippen molar-refractivity contribution in [2.75, 3.05) is 34.3 Å². The maximum atomic E-state index is 11.3. The lowest BCUT2D eigenvalue weighted by Crippen LogP contribution is -2.38. The third-order valence-corrected chi connectivity index (χ3v) is 2.87. The first-order valence-corrected chi connectivity index (χ1v) is 5.96. The second kappa shape index (κ2) is 7.62. The van der Waals surface area contributed by atoms with E-state index in [4.69, 9.17) is 0 Å². The van der Waals surface area contributed by atoms with Crippen LogP contribution in [0.25, 0.3) is 0 Å². The SMILES string of the molecule is CNC(=O)C(C)CN(C)CC(Br)C(=O)OC. The normalized spacial score (nSPS) is 14.4. The molecule has 0 saturated heterocycles. The van der Waals surface area contributed by atoms with E-state index in [2.05, 4.69) is 26.0 Å². The van der Waals surface area contributed by atoms with Crippen LogP contribution in [0.15, 0.2) is 0 Å². The van der Waals surface area contributed by atoms with E-state index < -0.39 is 0 Å². The van der Waals surface area contributed by atoms with Gasteiger partial charge in [-0.2, -0.15) is 0 Å². The molecule has 0 rings (SSSR count). The molecule has 0 saturated carbocycles. The zero-order valence-corrected chi connectivity index (χ0v) is 11.7. The molecular weight excluding hydrogens is 276 g/mol. The molecule has 0 radical (unpaired) electrons. The zero-order chi connectivity index (χ0) is 12.7. The molecule has 5 nitrogen and oxygen atoms in total. The third kappa shape index (κ3) is 5.46. The maximum Gasteiger partial charge on any atom is 0.320 e. The molecule has 2 atom stereocenters. The highest BCUT2D eigenvalue weighted by Crippen LogP contribution is 2.06. The summed E-state index contributed by atoms with van der Waals surface area (Å²) in [5.41, 5.74) is 0. The first-order valence-electron chi connectivity index (χ1n) is 5.04. The summed E-state index contributed by atoms with van der Waals surface area (Å²) in [6, 6.07) is 0. The van der Waals surface area contributed by atoms with Crippen molar-refractivity contribution >= 4 is 27.8 Å². The van der Waals surface area contributed by atoms with Crippen molar-refractivity contribution in [3.05, 3.63) is 0 Å². The van der Waals surface area contributed by atoms with Crippen molar-refractivity contribution in [2.24, 2.45) is 5.92 Å². The lowest BCUT2D eigenvalue weighted by Gasteiger charge is -2.21. The predicted molar refractivity (Wildman–Crippen MR) is 65.5 cm³/mol. The first-order chi connectivity index (χ1) is 7.42. The Hall–Kier alpha value is -0.620. The summed E-state index contributed by atoms with van der Waals surface area (Å²) in [7, 11) is 4.82. The van der Waals surface area contributed by atoms with E-state index in [1.165, 1.54) is 7.11 Å². The molecule has 2 unspecified atom stereocenters. The van der Waals surface area contributed by atoms with Crippen LogP contribution >= 0.6 is 15.9 Å². The molecule has 0 heterocycles. The molecule has 0 aromatic rings. The van der Waals surface area contributed by atoms with Gasteiger partial charge in [-0.3, -0.25) is 9.59 Å². The molecule has 94 valence electrons. The van der Waals surface area contributed by atoms with Crippen molar-refractivity contribution < 1.29 is 14.3 Å². The number of carbonyl (C=O) groups is 2. The molecular formula is C10H19BrN2O3. The summed E-state index contributed by atoms with van der Waals surface area (Å²) in [6.07, 6.45) is 0. The van der Waals surface area contributed by atoms with Crippen molar-refractivity contribution in [2.45, 2.75) is 11.8 Å². The average Bonchev–Trinajstić information content (AvgIpc) is 2.26. The quantitative estimate of drug-likeness (QED) is 0.563. The van der Waals surface area contributed by atoms with Crippen molar-refractivity contribution in [3.8, 4) is 0 Å². The highest BCUT2D eigenvalue weighted by Gasteiger charge is 2.20. The van der Waals surface area contributed by atoms with Gasteiger partial charge >= 0.3 is 5.97 Å². The third-order valence-electron chi connectivity index (χ3n) is 2.21. The van der Waals surface area contributed by atoms with Gasteiger partial charge < -0.3 is 15.0 Å². The Balaban J connectivity index is 4.03. The van der Waals surface area contributed by atoms with Crippen molar-refractivity contribution in [1.29, 1.82) is 0 Å². The van der Waals surface area contributed by atoms with E-state index in [0.717, 1.165) is 0 Å². The molecule has 0 aromatic heterocycles. The minimum atomic E-state index is -0.362. The molecule has 0 spiro atoms. The van der Waals surface area contributed by atoms with Crippen LogP contribution in [0, 0.1) is 5.92 Å². The van der Waals surface area contributed by atoms with Gasteiger partial charge in [0.25, 0.3) is 0 Å². The fraction of sp³-hybridized carbons (Fsp3) is 0.800. The largest absolute Gasteiger partial charge is 0.468 e. The van der Waals surface area contributed by atoms with E-state index in [9.17, 15) is 9.59 Å². The Kier molecular flexibility index (Phi) is 7.33. The number of hydrogen-bond donors (Lipinski definition) is 1. The summed E-state index contributed by atoms with van der Waals surface area (Å²) in [5, 5.41) is 2.59. The number of nitrogens with one attached hydrogen (secondary N) is 1. The first kappa shape index (κ1) is 15.4. The molecule has 1 amide bonds. The standard InChI is InChI=1S/C10H19BrN2O3/c1-7(9(14)12-2)5-13(3)6-8(11)10(15)16-4/h7-8H,5-6H2,1-4H3,(H,12,14). The van der Waals surface area contributed by atoms with E-state index in [1.807, 2.05) is 18.9 Å². The number of alkyl halides is 1. The Morgan fingerprint density at radius 2 is 2.00 bits per heavy atom. The van der Waals surface area contributed by atoms with Crippen LogP contribution in [0.3, 0.4) is 0 Å². The van der Waals surface area contributed by atoms with E-state index in [0.29, 0.717) is 13.1 Å². The summed E-state index contributed by atoms with van der Waals surface area (Å²) < 4.78 is 4.59. The minimum Gasteiger partial charge on any atom is -0.468 e. The molecule has 0 aliphatic heterocycles. The number of nitrogens with zero attached hydrogens (tertiary/aromatic N) is 1. The van der Waals surface area contributed by atoms with Gasteiger partial charge in [0.15, 0.2) is 0 Å². The Labute approximate surface area is 105 Å². The number of halogens is 1. The van der Waals surface area contributed by atoms with Gasteiger partial charge in [0.2, 0.25) is 5.91 Å². The van der Waals surface area contributed by atoms with Crippen LogP contribution in [0.1, 0.15) is 6.92 Å². The van der Waals surface area contributed by atoms with Gasteiger partial charge in [-0.25, -0.2) is 0 Å². The van der Waals surface area contributed by atoms with Gasteiger partial charge in [0, 0.05) is 26.1 Å². The second-order valence-electron chi connectivity index (χ2n) is 3.73. The maximum absolute atomic E-state index is 11.3. The van der Waals surface area contributed by atoms with Crippen molar-refractivity contribution in [3.63, 3.8) is 0 Å². The Bertz CT molecular complexity index is 224. The molecule has 0 aliphatic carbocycles. The number of amides is 1. The summed E-state index contributed by atoms with van der Waals surface area (Å²) >= 11 is 3.23. The van der Waals surface area contributed by atoms with Crippen LogP contribution in [-0.2, 0) is 14.3 Å². The Morgan fingerprint density at radius 1 is 1.44 bits per heavy atom. The van der Waals surface area contributed by atoms with Gasteiger partial charge in [0.05, 0.1) is 7.11 Å². The number of hydrogen-bond acceptors (Lipinski definition) is 4. The van der Waals surface area contributed by atoms with Crippen LogP contribution in [0.4, 0.5) is 0 Å². The second-order valence-corrected chi connectivity index (χ2v) is 4.83. The monoisotopic (exact) mass is 294 g/mol. The topological polar surface area (TPSA) is 58.6 Å². The minimum absolute atomic E-state index is 0.00367. The number of carbonyl (C=O) groups excluding carboxylic acids is 2. The van der Waals surface area contributed by atoms with E-state index >= 15 is 0 Å². The van der Waals surface area contributed by atoms with Crippen molar-refractivity contribution in [1.82, 2.24) is 10.2 Å². The van der Waals surface area contributed by atoms with Gasteiger partial charge in [0.1, 0.15) is 4.83 Å².